The van der Waals surface area contributed by atoms with Crippen LogP contribution in [0.4, 0.5) is 5.82 Å². The van der Waals surface area contributed by atoms with Gasteiger partial charge in [-0.15, -0.1) is 5.10 Å². The van der Waals surface area contributed by atoms with Crippen LogP contribution in [-0.4, -0.2) is 40.9 Å². The second kappa shape index (κ2) is 6.28. The molecule has 0 spiro atoms. The summed E-state index contributed by atoms with van der Waals surface area (Å²) in [5.74, 6) is 0.712. The molecule has 0 bridgehead atoms. The van der Waals surface area contributed by atoms with Crippen molar-refractivity contribution in [2.45, 2.75) is 18.4 Å². The first kappa shape index (κ1) is 15.9. The van der Waals surface area contributed by atoms with E-state index in [2.05, 4.69) is 29.9 Å². The third-order valence-electron chi connectivity index (χ3n) is 3.22. The maximum Gasteiger partial charge on any atom is 0.266 e. The summed E-state index contributed by atoms with van der Waals surface area (Å²) >= 11 is 0. The normalized spacial score (nSPS) is 11.4. The molecule has 0 amide bonds. The van der Waals surface area contributed by atoms with Gasteiger partial charge in [-0.1, -0.05) is 5.16 Å². The van der Waals surface area contributed by atoms with Crippen molar-refractivity contribution in [1.29, 1.82) is 0 Å². The summed E-state index contributed by atoms with van der Waals surface area (Å²) < 4.78 is 38.9. The minimum absolute atomic E-state index is 0.0591. The van der Waals surface area contributed by atoms with Crippen LogP contribution in [0.1, 0.15) is 6.92 Å². The number of anilines is 1. The molecule has 10 nitrogen and oxygen atoms in total. The van der Waals surface area contributed by atoms with E-state index in [1.807, 2.05) is 6.92 Å². The lowest BCUT2D eigenvalue weighted by atomic mass is 10.2. The van der Waals surface area contributed by atoms with E-state index in [9.17, 15) is 8.42 Å². The largest absolute Gasteiger partial charge is 0.495 e. The van der Waals surface area contributed by atoms with Crippen molar-refractivity contribution < 1.29 is 17.7 Å². The lowest BCUT2D eigenvalue weighted by Crippen LogP contribution is -2.14. The molecule has 1 aromatic carbocycles. The van der Waals surface area contributed by atoms with Crippen LogP contribution in [0.25, 0.3) is 11.4 Å². The lowest BCUT2D eigenvalue weighted by molar-refractivity contribution is 0.403. The van der Waals surface area contributed by atoms with Crippen LogP contribution < -0.4 is 9.46 Å². The Balaban J connectivity index is 2.07. The summed E-state index contributed by atoms with van der Waals surface area (Å²) in [5.41, 5.74) is 0.545. The van der Waals surface area contributed by atoms with Gasteiger partial charge in [0.1, 0.15) is 16.9 Å². The number of tetrazole rings is 1. The van der Waals surface area contributed by atoms with Crippen LogP contribution >= 0.6 is 0 Å². The minimum Gasteiger partial charge on any atom is -0.495 e. The molecule has 0 unspecified atom stereocenters. The van der Waals surface area contributed by atoms with Crippen molar-refractivity contribution >= 4 is 15.8 Å². The fraction of sp³-hybridized carbons (Fsp3) is 0.231. The average Bonchev–Trinajstić information content (AvgIpc) is 3.25. The molecule has 0 aliphatic rings. The summed E-state index contributed by atoms with van der Waals surface area (Å²) in [6.07, 6.45) is 1.26. The zero-order valence-electron chi connectivity index (χ0n) is 12.9. The summed E-state index contributed by atoms with van der Waals surface area (Å²) in [7, 11) is -2.55. The first-order valence-electron chi connectivity index (χ1n) is 6.93. The first-order chi connectivity index (χ1) is 11.5. The molecule has 0 saturated carbocycles. The standard InChI is InChI=1S/C13H14N6O4S/c1-3-19-13(14-17-18-19)9-4-5-10(22-2)11(8-9)24(20,21)16-12-6-7-23-15-12/h4-8H,3H2,1-2H3,(H,15,16). The zero-order valence-corrected chi connectivity index (χ0v) is 13.7. The molecular weight excluding hydrogens is 336 g/mol. The number of nitrogens with zero attached hydrogens (tertiary/aromatic N) is 5. The maximum absolute atomic E-state index is 12.6. The van der Waals surface area contributed by atoms with Crippen molar-refractivity contribution in [2.24, 2.45) is 0 Å². The summed E-state index contributed by atoms with van der Waals surface area (Å²) in [6, 6.07) is 6.07. The minimum atomic E-state index is -3.93. The van der Waals surface area contributed by atoms with Crippen LogP contribution in [0.5, 0.6) is 5.75 Å². The van der Waals surface area contributed by atoms with Gasteiger partial charge >= 0.3 is 0 Å². The predicted octanol–water partition coefficient (Wildman–Crippen LogP) is 1.16. The number of benzene rings is 1. The van der Waals surface area contributed by atoms with Crippen molar-refractivity contribution in [3.8, 4) is 17.1 Å². The average molecular weight is 350 g/mol. The third-order valence-corrected chi connectivity index (χ3v) is 4.60. The number of sulfonamides is 1. The molecule has 2 aromatic heterocycles. The molecule has 3 aromatic rings. The topological polar surface area (TPSA) is 125 Å². The van der Waals surface area contributed by atoms with Gasteiger partial charge in [0, 0.05) is 18.2 Å². The van der Waals surface area contributed by atoms with Gasteiger partial charge < -0.3 is 9.26 Å². The highest BCUT2D eigenvalue weighted by Gasteiger charge is 2.23. The molecule has 126 valence electrons. The number of aryl methyl sites for hydroxylation is 1. The van der Waals surface area contributed by atoms with Gasteiger partial charge in [0.2, 0.25) is 0 Å². The van der Waals surface area contributed by atoms with Crippen molar-refractivity contribution in [3.63, 3.8) is 0 Å². The Bertz CT molecular complexity index is 935. The highest BCUT2D eigenvalue weighted by Crippen LogP contribution is 2.30. The summed E-state index contributed by atoms with van der Waals surface area (Å²) in [5, 5.41) is 14.9. The fourth-order valence-corrected chi connectivity index (χ4v) is 3.30. The van der Waals surface area contributed by atoms with Gasteiger partial charge in [0.25, 0.3) is 10.0 Å². The number of ether oxygens (including phenoxy) is 1. The predicted molar refractivity (Wildman–Crippen MR) is 82.8 cm³/mol. The van der Waals surface area contributed by atoms with E-state index < -0.39 is 10.0 Å². The number of aromatic nitrogens is 5. The smallest absolute Gasteiger partial charge is 0.266 e. The van der Waals surface area contributed by atoms with E-state index in [-0.39, 0.29) is 16.5 Å². The monoisotopic (exact) mass is 350 g/mol. The Morgan fingerprint density at radius 3 is 2.83 bits per heavy atom. The number of hydrogen-bond acceptors (Lipinski definition) is 8. The summed E-state index contributed by atoms with van der Waals surface area (Å²) in [6.45, 7) is 2.43. The molecular formula is C13H14N6O4S. The second-order valence-corrected chi connectivity index (χ2v) is 6.32. The van der Waals surface area contributed by atoms with Crippen LogP contribution in [-0.2, 0) is 16.6 Å². The Morgan fingerprint density at radius 1 is 1.33 bits per heavy atom. The zero-order chi connectivity index (χ0) is 17.2. The van der Waals surface area contributed by atoms with Crippen molar-refractivity contribution in [1.82, 2.24) is 25.4 Å². The van der Waals surface area contributed by atoms with Gasteiger partial charge in [-0.05, 0) is 35.5 Å². The Morgan fingerprint density at radius 2 is 2.17 bits per heavy atom. The second-order valence-electron chi connectivity index (χ2n) is 4.67. The maximum atomic E-state index is 12.6. The molecule has 0 aliphatic heterocycles. The van der Waals surface area contributed by atoms with Gasteiger partial charge in [0.05, 0.1) is 7.11 Å². The van der Waals surface area contributed by atoms with Gasteiger partial charge in [-0.3, -0.25) is 4.72 Å². The molecule has 2 heterocycles. The Labute approximate surface area is 137 Å². The number of methoxy groups -OCH3 is 1. The van der Waals surface area contributed by atoms with E-state index in [0.717, 1.165) is 0 Å². The fourth-order valence-electron chi connectivity index (χ4n) is 2.11. The van der Waals surface area contributed by atoms with E-state index in [0.29, 0.717) is 17.9 Å². The molecule has 0 aliphatic carbocycles. The first-order valence-corrected chi connectivity index (χ1v) is 8.41. The number of rotatable bonds is 6. The van der Waals surface area contributed by atoms with E-state index in [1.165, 1.54) is 25.5 Å². The molecule has 3 rings (SSSR count). The van der Waals surface area contributed by atoms with Crippen LogP contribution in [0, 0.1) is 0 Å². The molecule has 1 N–H and O–H groups in total. The lowest BCUT2D eigenvalue weighted by Gasteiger charge is -2.11. The van der Waals surface area contributed by atoms with Gasteiger partial charge in [-0.25, -0.2) is 13.1 Å². The molecule has 0 radical (unpaired) electrons. The third kappa shape index (κ3) is 2.93. The Kier molecular flexibility index (Phi) is 4.16. The SMILES string of the molecule is CCn1nnnc1-c1ccc(OC)c(S(=O)(=O)Nc2ccon2)c1. The molecule has 0 atom stereocenters. The highest BCUT2D eigenvalue weighted by atomic mass is 32.2. The van der Waals surface area contributed by atoms with E-state index in [4.69, 9.17) is 4.74 Å². The van der Waals surface area contributed by atoms with Gasteiger partial charge in [0.15, 0.2) is 11.6 Å². The van der Waals surface area contributed by atoms with Crippen LogP contribution in [0.3, 0.4) is 0 Å². The van der Waals surface area contributed by atoms with Crippen molar-refractivity contribution in [3.05, 3.63) is 30.5 Å². The molecule has 0 saturated heterocycles. The molecule has 0 fully saturated rings. The highest BCUT2D eigenvalue weighted by molar-refractivity contribution is 7.92. The summed E-state index contributed by atoms with van der Waals surface area (Å²) in [4.78, 5) is -0.0591. The van der Waals surface area contributed by atoms with Gasteiger partial charge in [-0.2, -0.15) is 0 Å². The number of hydrogen-bond donors (Lipinski definition) is 1. The molecule has 24 heavy (non-hydrogen) atoms. The van der Waals surface area contributed by atoms with E-state index in [1.54, 1.807) is 16.8 Å². The quantitative estimate of drug-likeness (QED) is 0.702. The van der Waals surface area contributed by atoms with Crippen LogP contribution in [0.15, 0.2) is 39.9 Å². The Hall–Kier alpha value is -2.95. The van der Waals surface area contributed by atoms with E-state index >= 15 is 0 Å². The van der Waals surface area contributed by atoms with Crippen molar-refractivity contribution in [2.75, 3.05) is 11.8 Å². The number of nitrogens with one attached hydrogen (secondary N) is 1. The molecule has 11 heteroatoms. The van der Waals surface area contributed by atoms with Crippen LogP contribution in [0.2, 0.25) is 0 Å².